The van der Waals surface area contributed by atoms with Gasteiger partial charge in [0.1, 0.15) is 4.87 Å². The molecular formula is C10H15ClO. The third-order valence-corrected chi connectivity index (χ3v) is 3.60. The summed E-state index contributed by atoms with van der Waals surface area (Å²) in [7, 11) is 0. The van der Waals surface area contributed by atoms with Crippen LogP contribution in [0.3, 0.4) is 0 Å². The summed E-state index contributed by atoms with van der Waals surface area (Å²) in [6.45, 7) is 9.75. The summed E-state index contributed by atoms with van der Waals surface area (Å²) in [5.74, 6) is 0.0918. The highest BCUT2D eigenvalue weighted by Gasteiger charge is 2.60. The van der Waals surface area contributed by atoms with Crippen LogP contribution < -0.4 is 0 Å². The van der Waals surface area contributed by atoms with E-state index in [1.165, 1.54) is 0 Å². The molecule has 1 nitrogen and oxygen atoms in total. The molecule has 1 atom stereocenters. The SMILES string of the molecule is CC(C)=C1C(=O)C(C)(Cl)C1(C)C. The molecule has 2 heteroatoms. The highest BCUT2D eigenvalue weighted by atomic mass is 35.5. The summed E-state index contributed by atoms with van der Waals surface area (Å²) < 4.78 is 0. The Kier molecular flexibility index (Phi) is 1.92. The Balaban J connectivity index is 3.19. The molecule has 1 aliphatic carbocycles. The summed E-state index contributed by atoms with van der Waals surface area (Å²) in [6.07, 6.45) is 0. The van der Waals surface area contributed by atoms with E-state index >= 15 is 0 Å². The topological polar surface area (TPSA) is 17.1 Å². The van der Waals surface area contributed by atoms with Crippen LogP contribution >= 0.6 is 11.6 Å². The maximum atomic E-state index is 11.6. The van der Waals surface area contributed by atoms with Crippen LogP contribution in [0, 0.1) is 5.41 Å². The predicted molar refractivity (Wildman–Crippen MR) is 51.4 cm³/mol. The Morgan fingerprint density at radius 1 is 1.25 bits per heavy atom. The average Bonchev–Trinajstić information content (AvgIpc) is 1.85. The molecule has 0 radical (unpaired) electrons. The minimum atomic E-state index is -0.695. The van der Waals surface area contributed by atoms with Crippen LogP contribution in [0.5, 0.6) is 0 Å². The number of Topliss-reactive ketones (excluding diaryl/α,β-unsaturated/α-hetero) is 1. The van der Waals surface area contributed by atoms with E-state index in [0.29, 0.717) is 0 Å². The zero-order valence-corrected chi connectivity index (χ0v) is 9.04. The number of rotatable bonds is 0. The molecule has 68 valence electrons. The average molecular weight is 187 g/mol. The number of carbonyl (C=O) groups is 1. The minimum absolute atomic E-state index is 0.0918. The van der Waals surface area contributed by atoms with Gasteiger partial charge >= 0.3 is 0 Å². The second-order valence-electron chi connectivity index (χ2n) is 4.33. The number of hydrogen-bond donors (Lipinski definition) is 0. The number of ketones is 1. The molecule has 0 spiro atoms. The van der Waals surface area contributed by atoms with E-state index in [1.54, 1.807) is 6.92 Å². The Morgan fingerprint density at radius 3 is 1.83 bits per heavy atom. The van der Waals surface area contributed by atoms with Crippen molar-refractivity contribution >= 4 is 17.4 Å². The third kappa shape index (κ3) is 0.891. The zero-order valence-electron chi connectivity index (χ0n) is 8.29. The van der Waals surface area contributed by atoms with Gasteiger partial charge < -0.3 is 0 Å². The summed E-state index contributed by atoms with van der Waals surface area (Å²) in [5, 5.41) is 0. The summed E-state index contributed by atoms with van der Waals surface area (Å²) >= 11 is 6.10. The zero-order chi connectivity index (χ0) is 9.73. The normalized spacial score (nSPS) is 33.2. The molecule has 1 rings (SSSR count). The van der Waals surface area contributed by atoms with Crippen molar-refractivity contribution in [3.8, 4) is 0 Å². The smallest absolute Gasteiger partial charge is 0.180 e. The fourth-order valence-corrected chi connectivity index (χ4v) is 2.02. The quantitative estimate of drug-likeness (QED) is 0.420. The van der Waals surface area contributed by atoms with E-state index in [-0.39, 0.29) is 11.2 Å². The monoisotopic (exact) mass is 186 g/mol. The van der Waals surface area contributed by atoms with Crippen LogP contribution in [0.2, 0.25) is 0 Å². The van der Waals surface area contributed by atoms with Crippen LogP contribution in [-0.2, 0) is 4.79 Å². The maximum absolute atomic E-state index is 11.6. The lowest BCUT2D eigenvalue weighted by molar-refractivity contribution is -0.127. The van der Waals surface area contributed by atoms with Crippen LogP contribution in [-0.4, -0.2) is 10.7 Å². The minimum Gasteiger partial charge on any atom is -0.292 e. The third-order valence-electron chi connectivity index (χ3n) is 2.95. The summed E-state index contributed by atoms with van der Waals surface area (Å²) in [4.78, 5) is 10.9. The molecule has 1 aliphatic rings. The lowest BCUT2D eigenvalue weighted by Crippen LogP contribution is -2.59. The lowest BCUT2D eigenvalue weighted by Gasteiger charge is -2.51. The Labute approximate surface area is 78.8 Å². The molecule has 1 unspecified atom stereocenters. The molecule has 1 fully saturated rings. The van der Waals surface area contributed by atoms with Gasteiger partial charge in [0, 0.05) is 11.0 Å². The molecule has 1 saturated carbocycles. The first-order chi connectivity index (χ1) is 5.23. The van der Waals surface area contributed by atoms with Gasteiger partial charge in [0.15, 0.2) is 5.78 Å². The van der Waals surface area contributed by atoms with Gasteiger partial charge in [0.25, 0.3) is 0 Å². The molecule has 0 heterocycles. The molecule has 0 amide bonds. The largest absolute Gasteiger partial charge is 0.292 e. The first-order valence-corrected chi connectivity index (χ1v) is 4.52. The van der Waals surface area contributed by atoms with Crippen LogP contribution in [0.25, 0.3) is 0 Å². The van der Waals surface area contributed by atoms with E-state index in [1.807, 2.05) is 27.7 Å². The number of halogens is 1. The van der Waals surface area contributed by atoms with Crippen molar-refractivity contribution in [1.82, 2.24) is 0 Å². The van der Waals surface area contributed by atoms with Gasteiger partial charge in [0.2, 0.25) is 0 Å². The van der Waals surface area contributed by atoms with Gasteiger partial charge in [-0.3, -0.25) is 4.79 Å². The van der Waals surface area contributed by atoms with Crippen molar-refractivity contribution in [2.24, 2.45) is 5.41 Å². The van der Waals surface area contributed by atoms with E-state index in [0.717, 1.165) is 11.1 Å². The standard InChI is InChI=1S/C10H15ClO/c1-6(2)7-8(12)10(5,11)9(7,3)4/h1-5H3. The molecule has 0 aromatic heterocycles. The fourth-order valence-electron chi connectivity index (χ4n) is 1.83. The Hall–Kier alpha value is -0.300. The second-order valence-corrected chi connectivity index (χ2v) is 5.09. The molecule has 12 heavy (non-hydrogen) atoms. The van der Waals surface area contributed by atoms with Crippen molar-refractivity contribution in [3.05, 3.63) is 11.1 Å². The molecule has 0 saturated heterocycles. The van der Waals surface area contributed by atoms with Crippen molar-refractivity contribution in [1.29, 1.82) is 0 Å². The predicted octanol–water partition coefficient (Wildman–Crippen LogP) is 2.93. The number of carbonyl (C=O) groups excluding carboxylic acids is 1. The van der Waals surface area contributed by atoms with Crippen molar-refractivity contribution in [2.75, 3.05) is 0 Å². The van der Waals surface area contributed by atoms with Gasteiger partial charge in [-0.1, -0.05) is 19.4 Å². The molecule has 0 bridgehead atoms. The summed E-state index contributed by atoms with van der Waals surface area (Å²) in [6, 6.07) is 0. The van der Waals surface area contributed by atoms with Crippen LogP contribution in [0.15, 0.2) is 11.1 Å². The van der Waals surface area contributed by atoms with Crippen molar-refractivity contribution in [2.45, 2.75) is 39.5 Å². The fraction of sp³-hybridized carbons (Fsp3) is 0.700. The molecule has 0 aromatic rings. The lowest BCUT2D eigenvalue weighted by atomic mass is 9.56. The van der Waals surface area contributed by atoms with Gasteiger partial charge in [-0.05, 0) is 20.8 Å². The highest BCUT2D eigenvalue weighted by molar-refractivity contribution is 6.43. The Bertz CT molecular complexity index is 268. The first kappa shape index (κ1) is 9.79. The molecular weight excluding hydrogens is 172 g/mol. The maximum Gasteiger partial charge on any atom is 0.180 e. The van der Waals surface area contributed by atoms with Crippen molar-refractivity contribution in [3.63, 3.8) is 0 Å². The van der Waals surface area contributed by atoms with Crippen LogP contribution in [0.1, 0.15) is 34.6 Å². The van der Waals surface area contributed by atoms with E-state index in [4.69, 9.17) is 11.6 Å². The van der Waals surface area contributed by atoms with E-state index in [2.05, 4.69) is 0 Å². The number of alkyl halides is 1. The number of allylic oxidation sites excluding steroid dienone is 2. The second kappa shape index (κ2) is 2.35. The van der Waals surface area contributed by atoms with Gasteiger partial charge in [0.05, 0.1) is 0 Å². The van der Waals surface area contributed by atoms with Crippen molar-refractivity contribution < 1.29 is 4.79 Å². The molecule has 0 aromatic carbocycles. The molecule has 0 N–H and O–H groups in total. The molecule has 0 aliphatic heterocycles. The first-order valence-electron chi connectivity index (χ1n) is 4.14. The van der Waals surface area contributed by atoms with E-state index in [9.17, 15) is 4.79 Å². The van der Waals surface area contributed by atoms with Gasteiger partial charge in [-0.15, -0.1) is 11.6 Å². The highest BCUT2D eigenvalue weighted by Crippen LogP contribution is 2.55. The van der Waals surface area contributed by atoms with Gasteiger partial charge in [-0.2, -0.15) is 0 Å². The Morgan fingerprint density at radius 2 is 1.67 bits per heavy atom. The van der Waals surface area contributed by atoms with Crippen LogP contribution in [0.4, 0.5) is 0 Å². The summed E-state index contributed by atoms with van der Waals surface area (Å²) in [5.41, 5.74) is 1.81. The number of hydrogen-bond acceptors (Lipinski definition) is 1. The van der Waals surface area contributed by atoms with Gasteiger partial charge in [-0.25, -0.2) is 0 Å². The van der Waals surface area contributed by atoms with E-state index < -0.39 is 4.87 Å².